The highest BCUT2D eigenvalue weighted by Crippen LogP contribution is 2.28. The Morgan fingerprint density at radius 2 is 2.25 bits per heavy atom. The molecule has 0 fully saturated rings. The van der Waals surface area contributed by atoms with Gasteiger partial charge in [0.1, 0.15) is 5.75 Å². The summed E-state index contributed by atoms with van der Waals surface area (Å²) >= 11 is 5.88. The summed E-state index contributed by atoms with van der Waals surface area (Å²) in [5, 5.41) is 6.43. The van der Waals surface area contributed by atoms with Gasteiger partial charge in [0.2, 0.25) is 0 Å². The molecule has 0 aliphatic heterocycles. The van der Waals surface area contributed by atoms with Crippen LogP contribution in [-0.4, -0.2) is 25.7 Å². The van der Waals surface area contributed by atoms with E-state index in [-0.39, 0.29) is 11.6 Å². The van der Waals surface area contributed by atoms with E-state index in [1.807, 2.05) is 0 Å². The van der Waals surface area contributed by atoms with Gasteiger partial charge in [-0.15, -0.1) is 0 Å². The number of nitrogens with zero attached hydrogens (tertiary/aromatic N) is 1. The van der Waals surface area contributed by atoms with E-state index >= 15 is 0 Å². The van der Waals surface area contributed by atoms with Gasteiger partial charge >= 0.3 is 0 Å². The molecule has 7 nitrogen and oxygen atoms in total. The number of methoxy groups -OCH3 is 1. The van der Waals surface area contributed by atoms with Crippen molar-refractivity contribution in [3.63, 3.8) is 0 Å². The van der Waals surface area contributed by atoms with E-state index in [4.69, 9.17) is 22.1 Å². The summed E-state index contributed by atoms with van der Waals surface area (Å²) in [7, 11) is -2.35. The molecule has 0 saturated heterocycles. The Kier molecular flexibility index (Phi) is 4.17. The van der Waals surface area contributed by atoms with Crippen LogP contribution in [0.2, 0.25) is 5.02 Å². The van der Waals surface area contributed by atoms with Crippen LogP contribution in [0.4, 0.5) is 5.69 Å². The summed E-state index contributed by atoms with van der Waals surface area (Å²) in [6, 6.07) is 4.55. The lowest BCUT2D eigenvalue weighted by Gasteiger charge is -2.10. The standard InChI is InChI=1S/C11H13ClN4O3S/c1-19-10-4-8(2-3-9(10)12)16-20(17,18)11-7(5-13)6-14-15-11/h2-4,6,16H,5,13H2,1H3,(H,14,15). The number of anilines is 1. The molecule has 0 spiro atoms. The highest BCUT2D eigenvalue weighted by molar-refractivity contribution is 7.92. The molecule has 4 N–H and O–H groups in total. The lowest BCUT2D eigenvalue weighted by molar-refractivity contribution is 0.415. The molecule has 108 valence electrons. The van der Waals surface area contributed by atoms with Gasteiger partial charge in [0.15, 0.2) is 5.03 Å². The van der Waals surface area contributed by atoms with Crippen molar-refractivity contribution < 1.29 is 13.2 Å². The van der Waals surface area contributed by atoms with E-state index in [2.05, 4.69) is 14.9 Å². The van der Waals surface area contributed by atoms with E-state index < -0.39 is 10.0 Å². The number of sulfonamides is 1. The number of rotatable bonds is 5. The fourth-order valence-electron chi connectivity index (χ4n) is 1.61. The molecule has 0 unspecified atom stereocenters. The Morgan fingerprint density at radius 3 is 2.90 bits per heavy atom. The summed E-state index contributed by atoms with van der Waals surface area (Å²) in [6.07, 6.45) is 1.37. The molecule has 2 aromatic rings. The third kappa shape index (κ3) is 2.87. The Bertz CT molecular complexity index is 714. The van der Waals surface area contributed by atoms with Gasteiger partial charge in [0.05, 0.1) is 24.0 Å². The van der Waals surface area contributed by atoms with Gasteiger partial charge in [-0.1, -0.05) is 11.6 Å². The van der Waals surface area contributed by atoms with E-state index in [0.717, 1.165) is 0 Å². The average Bonchev–Trinajstić information content (AvgIpc) is 2.90. The second-order valence-corrected chi connectivity index (χ2v) is 5.91. The van der Waals surface area contributed by atoms with Crippen LogP contribution in [0.25, 0.3) is 0 Å². The minimum atomic E-state index is -3.80. The van der Waals surface area contributed by atoms with Crippen molar-refractivity contribution in [2.75, 3.05) is 11.8 Å². The van der Waals surface area contributed by atoms with Gasteiger partial charge in [-0.2, -0.15) is 13.5 Å². The zero-order valence-corrected chi connectivity index (χ0v) is 12.1. The van der Waals surface area contributed by atoms with Crippen molar-refractivity contribution in [2.45, 2.75) is 11.6 Å². The number of nitrogens with one attached hydrogen (secondary N) is 2. The first-order valence-electron chi connectivity index (χ1n) is 5.56. The summed E-state index contributed by atoms with van der Waals surface area (Å²) < 4.78 is 31.9. The molecule has 2 rings (SSSR count). The van der Waals surface area contributed by atoms with Crippen LogP contribution in [-0.2, 0) is 16.6 Å². The van der Waals surface area contributed by atoms with Crippen LogP contribution in [0.1, 0.15) is 5.56 Å². The molecular formula is C11H13ClN4O3S. The molecule has 1 aromatic carbocycles. The fraction of sp³-hybridized carbons (Fsp3) is 0.182. The first kappa shape index (κ1) is 14.6. The van der Waals surface area contributed by atoms with E-state index in [1.165, 1.54) is 31.5 Å². The van der Waals surface area contributed by atoms with Gasteiger partial charge in [0, 0.05) is 18.2 Å². The van der Waals surface area contributed by atoms with Crippen LogP contribution in [0, 0.1) is 0 Å². The maximum absolute atomic E-state index is 12.2. The largest absolute Gasteiger partial charge is 0.495 e. The second kappa shape index (κ2) is 5.70. The van der Waals surface area contributed by atoms with Crippen LogP contribution < -0.4 is 15.2 Å². The lowest BCUT2D eigenvalue weighted by atomic mass is 10.3. The Morgan fingerprint density at radius 1 is 1.50 bits per heavy atom. The van der Waals surface area contributed by atoms with Gasteiger partial charge in [-0.25, -0.2) is 0 Å². The topological polar surface area (TPSA) is 110 Å². The van der Waals surface area contributed by atoms with Crippen LogP contribution in [0.5, 0.6) is 5.75 Å². The molecule has 1 aromatic heterocycles. The normalized spacial score (nSPS) is 11.3. The predicted octanol–water partition coefficient (Wildman–Crippen LogP) is 1.33. The maximum atomic E-state index is 12.2. The smallest absolute Gasteiger partial charge is 0.279 e. The lowest BCUT2D eigenvalue weighted by Crippen LogP contribution is -2.16. The second-order valence-electron chi connectivity index (χ2n) is 3.88. The highest BCUT2D eigenvalue weighted by atomic mass is 35.5. The van der Waals surface area contributed by atoms with Crippen molar-refractivity contribution in [1.82, 2.24) is 10.2 Å². The van der Waals surface area contributed by atoms with Crippen molar-refractivity contribution in [3.8, 4) is 5.75 Å². The van der Waals surface area contributed by atoms with Gasteiger partial charge in [-0.05, 0) is 12.1 Å². The van der Waals surface area contributed by atoms with Gasteiger partial charge < -0.3 is 10.5 Å². The van der Waals surface area contributed by atoms with Gasteiger partial charge in [0.25, 0.3) is 10.0 Å². The Balaban J connectivity index is 2.33. The zero-order valence-electron chi connectivity index (χ0n) is 10.6. The number of hydrogen-bond donors (Lipinski definition) is 3. The average molecular weight is 317 g/mol. The number of aromatic amines is 1. The quantitative estimate of drug-likeness (QED) is 0.770. The first-order valence-corrected chi connectivity index (χ1v) is 7.42. The first-order chi connectivity index (χ1) is 9.47. The van der Waals surface area contributed by atoms with Crippen LogP contribution in [0.15, 0.2) is 29.4 Å². The monoisotopic (exact) mass is 316 g/mol. The number of halogens is 1. The number of hydrogen-bond acceptors (Lipinski definition) is 5. The number of nitrogens with two attached hydrogens (primary N) is 1. The van der Waals surface area contributed by atoms with Crippen molar-refractivity contribution in [1.29, 1.82) is 0 Å². The summed E-state index contributed by atoms with van der Waals surface area (Å²) in [4.78, 5) is 0. The highest BCUT2D eigenvalue weighted by Gasteiger charge is 2.20. The molecule has 0 atom stereocenters. The van der Waals surface area contributed by atoms with Crippen molar-refractivity contribution >= 4 is 27.3 Å². The van der Waals surface area contributed by atoms with Crippen molar-refractivity contribution in [2.24, 2.45) is 5.73 Å². The third-order valence-corrected chi connectivity index (χ3v) is 4.28. The van der Waals surface area contributed by atoms with Gasteiger partial charge in [-0.3, -0.25) is 9.82 Å². The fourth-order valence-corrected chi connectivity index (χ4v) is 2.99. The zero-order chi connectivity index (χ0) is 14.8. The minimum Gasteiger partial charge on any atom is -0.495 e. The molecule has 0 aliphatic rings. The van der Waals surface area contributed by atoms with E-state index in [0.29, 0.717) is 22.0 Å². The van der Waals surface area contributed by atoms with E-state index in [1.54, 1.807) is 0 Å². The molecule has 20 heavy (non-hydrogen) atoms. The molecule has 0 radical (unpaired) electrons. The molecule has 1 heterocycles. The maximum Gasteiger partial charge on any atom is 0.279 e. The molecule has 0 saturated carbocycles. The van der Waals surface area contributed by atoms with E-state index in [9.17, 15) is 8.42 Å². The summed E-state index contributed by atoms with van der Waals surface area (Å²) in [6.45, 7) is 0.0662. The third-order valence-electron chi connectivity index (χ3n) is 2.57. The molecule has 9 heteroatoms. The number of benzene rings is 1. The number of H-pyrrole nitrogens is 1. The van der Waals surface area contributed by atoms with Crippen LogP contribution in [0.3, 0.4) is 0 Å². The Labute approximate surface area is 121 Å². The molecule has 0 aliphatic carbocycles. The minimum absolute atomic E-state index is 0.0612. The number of ether oxygens (including phenoxy) is 1. The molecule has 0 amide bonds. The molecular weight excluding hydrogens is 304 g/mol. The summed E-state index contributed by atoms with van der Waals surface area (Å²) in [5.74, 6) is 0.371. The van der Waals surface area contributed by atoms with Crippen molar-refractivity contribution in [3.05, 3.63) is 35.0 Å². The summed E-state index contributed by atoms with van der Waals surface area (Å²) in [5.41, 5.74) is 6.19. The Hall–Kier alpha value is -1.77. The predicted molar refractivity (Wildman–Crippen MR) is 75.3 cm³/mol. The SMILES string of the molecule is COc1cc(NS(=O)(=O)c2[nH]ncc2CN)ccc1Cl. The number of aromatic nitrogens is 2. The van der Waals surface area contributed by atoms with Crippen LogP contribution >= 0.6 is 11.6 Å². The molecule has 0 bridgehead atoms.